The lowest BCUT2D eigenvalue weighted by Crippen LogP contribution is -2.44. The van der Waals surface area contributed by atoms with Gasteiger partial charge in [-0.15, -0.1) is 0 Å². The van der Waals surface area contributed by atoms with E-state index < -0.39 is 11.3 Å². The highest BCUT2D eigenvalue weighted by atomic mass is 32.2. The van der Waals surface area contributed by atoms with Crippen LogP contribution in [0.25, 0.3) is 0 Å². The Morgan fingerprint density at radius 1 is 1.08 bits per heavy atom. The van der Waals surface area contributed by atoms with Crippen LogP contribution in [0.3, 0.4) is 0 Å². The molecule has 1 unspecified atom stereocenters. The second-order valence-electron chi connectivity index (χ2n) is 5.47. The number of carbonyl (C=O) groups is 3. The molecular formula is C18H16N2O3S. The minimum absolute atomic E-state index is 0.286. The first-order valence-electron chi connectivity index (χ1n) is 7.45. The Morgan fingerprint density at radius 3 is 2.42 bits per heavy atom. The van der Waals surface area contributed by atoms with E-state index in [0.717, 1.165) is 22.2 Å². The molecular weight excluding hydrogens is 324 g/mol. The Morgan fingerprint density at radius 2 is 1.79 bits per heavy atom. The molecule has 3 rings (SSSR count). The molecule has 2 aromatic carbocycles. The highest BCUT2D eigenvalue weighted by Crippen LogP contribution is 2.36. The summed E-state index contributed by atoms with van der Waals surface area (Å²) in [6, 6.07) is 16.1. The summed E-state index contributed by atoms with van der Waals surface area (Å²) in [6.07, 6.45) is 0. The van der Waals surface area contributed by atoms with Gasteiger partial charge in [0.25, 0.3) is 11.1 Å². The van der Waals surface area contributed by atoms with Gasteiger partial charge < -0.3 is 0 Å². The van der Waals surface area contributed by atoms with E-state index in [-0.39, 0.29) is 11.1 Å². The topological polar surface area (TPSA) is 57.7 Å². The molecule has 1 heterocycles. The molecule has 0 bridgehead atoms. The van der Waals surface area contributed by atoms with Crippen molar-refractivity contribution in [1.29, 1.82) is 0 Å². The molecule has 122 valence electrons. The fourth-order valence-corrected chi connectivity index (χ4v) is 3.71. The third-order valence-electron chi connectivity index (χ3n) is 3.69. The standard InChI is InChI=1S/C18H16N2O3S/c1-12-7-6-10-15(11-12)20-16(22)17(24-18(20)23)19(13(2)21)14-8-4-3-5-9-14/h3-11,17H,1-2H3. The molecule has 0 N–H and O–H groups in total. The molecule has 5 nitrogen and oxygen atoms in total. The number of benzene rings is 2. The summed E-state index contributed by atoms with van der Waals surface area (Å²) in [7, 11) is 0. The van der Waals surface area contributed by atoms with Crippen molar-refractivity contribution in [3.8, 4) is 0 Å². The van der Waals surface area contributed by atoms with Crippen LogP contribution in [0.5, 0.6) is 0 Å². The summed E-state index contributed by atoms with van der Waals surface area (Å²) in [5.41, 5.74) is 2.07. The van der Waals surface area contributed by atoms with Crippen molar-refractivity contribution in [2.45, 2.75) is 19.2 Å². The number of para-hydroxylation sites is 1. The molecule has 1 aliphatic rings. The van der Waals surface area contributed by atoms with Crippen LogP contribution < -0.4 is 9.80 Å². The maximum Gasteiger partial charge on any atom is 0.295 e. The largest absolute Gasteiger partial charge is 0.295 e. The van der Waals surface area contributed by atoms with Crippen molar-refractivity contribution in [3.63, 3.8) is 0 Å². The van der Waals surface area contributed by atoms with E-state index in [2.05, 4.69) is 0 Å². The zero-order valence-electron chi connectivity index (χ0n) is 13.3. The molecule has 0 aliphatic carbocycles. The molecule has 0 saturated carbocycles. The predicted molar refractivity (Wildman–Crippen MR) is 95.0 cm³/mol. The van der Waals surface area contributed by atoms with Gasteiger partial charge in [-0.3, -0.25) is 19.3 Å². The number of aryl methyl sites for hydroxylation is 1. The fourth-order valence-electron chi connectivity index (χ4n) is 2.63. The van der Waals surface area contributed by atoms with E-state index in [1.807, 2.05) is 19.1 Å². The third-order valence-corrected chi connectivity index (χ3v) is 4.71. The lowest BCUT2D eigenvalue weighted by molar-refractivity contribution is -0.121. The number of anilines is 2. The monoisotopic (exact) mass is 340 g/mol. The van der Waals surface area contributed by atoms with Gasteiger partial charge in [-0.1, -0.05) is 30.3 Å². The van der Waals surface area contributed by atoms with Gasteiger partial charge in [0.15, 0.2) is 5.37 Å². The number of carbonyl (C=O) groups excluding carboxylic acids is 3. The van der Waals surface area contributed by atoms with Crippen molar-refractivity contribution in [2.75, 3.05) is 9.80 Å². The van der Waals surface area contributed by atoms with E-state index in [1.54, 1.807) is 42.5 Å². The number of hydrogen-bond donors (Lipinski definition) is 0. The zero-order valence-corrected chi connectivity index (χ0v) is 14.1. The number of imide groups is 1. The molecule has 6 heteroatoms. The Kier molecular flexibility index (Phi) is 4.40. The van der Waals surface area contributed by atoms with E-state index >= 15 is 0 Å². The van der Waals surface area contributed by atoms with Gasteiger partial charge in [-0.05, 0) is 48.5 Å². The Hall–Kier alpha value is -2.60. The van der Waals surface area contributed by atoms with E-state index in [1.165, 1.54) is 11.8 Å². The van der Waals surface area contributed by atoms with Gasteiger partial charge in [0.05, 0.1) is 5.69 Å². The van der Waals surface area contributed by atoms with Crippen molar-refractivity contribution >= 4 is 40.2 Å². The zero-order chi connectivity index (χ0) is 17.3. The van der Waals surface area contributed by atoms with Crippen LogP contribution in [-0.4, -0.2) is 22.4 Å². The minimum atomic E-state index is -0.891. The first kappa shape index (κ1) is 16.3. The Labute approximate surface area is 144 Å². The van der Waals surface area contributed by atoms with Crippen LogP contribution in [-0.2, 0) is 9.59 Å². The quantitative estimate of drug-likeness (QED) is 0.857. The van der Waals surface area contributed by atoms with Gasteiger partial charge in [0, 0.05) is 12.6 Å². The summed E-state index contributed by atoms with van der Waals surface area (Å²) >= 11 is 0.856. The number of thioether (sulfide) groups is 1. The summed E-state index contributed by atoms with van der Waals surface area (Å²) < 4.78 is 0. The van der Waals surface area contributed by atoms with Crippen LogP contribution in [0, 0.1) is 6.92 Å². The average molecular weight is 340 g/mol. The second-order valence-corrected chi connectivity index (χ2v) is 6.50. The van der Waals surface area contributed by atoms with Crippen LogP contribution in [0.4, 0.5) is 16.2 Å². The fraction of sp³-hybridized carbons (Fsp3) is 0.167. The number of amides is 3. The Balaban J connectivity index is 1.97. The van der Waals surface area contributed by atoms with E-state index in [9.17, 15) is 14.4 Å². The summed E-state index contributed by atoms with van der Waals surface area (Å²) in [5, 5.41) is -1.27. The third kappa shape index (κ3) is 2.92. The maximum absolute atomic E-state index is 12.8. The Bertz CT molecular complexity index is 807. The lowest BCUT2D eigenvalue weighted by Gasteiger charge is -2.25. The number of nitrogens with zero attached hydrogens (tertiary/aromatic N) is 2. The molecule has 1 saturated heterocycles. The number of rotatable bonds is 3. The molecule has 0 radical (unpaired) electrons. The molecule has 2 aromatic rings. The van der Waals surface area contributed by atoms with Crippen LogP contribution in [0.2, 0.25) is 0 Å². The molecule has 3 amide bonds. The SMILES string of the molecule is CC(=O)N(c1ccccc1)C1SC(=O)N(c2cccc(C)c2)C1=O. The van der Waals surface area contributed by atoms with Gasteiger partial charge in [-0.2, -0.15) is 0 Å². The van der Waals surface area contributed by atoms with E-state index in [4.69, 9.17) is 0 Å². The normalized spacial score (nSPS) is 17.2. The van der Waals surface area contributed by atoms with Gasteiger partial charge in [-0.25, -0.2) is 4.90 Å². The maximum atomic E-state index is 12.8. The molecule has 0 spiro atoms. The molecule has 24 heavy (non-hydrogen) atoms. The van der Waals surface area contributed by atoms with Crippen molar-refractivity contribution in [3.05, 3.63) is 60.2 Å². The summed E-state index contributed by atoms with van der Waals surface area (Å²) in [4.78, 5) is 39.8. The average Bonchev–Trinajstić information content (AvgIpc) is 2.83. The van der Waals surface area contributed by atoms with Gasteiger partial charge >= 0.3 is 0 Å². The first-order valence-corrected chi connectivity index (χ1v) is 8.33. The number of hydrogen-bond acceptors (Lipinski definition) is 4. The molecule has 1 fully saturated rings. The first-order chi connectivity index (χ1) is 11.5. The van der Waals surface area contributed by atoms with E-state index in [0.29, 0.717) is 11.4 Å². The van der Waals surface area contributed by atoms with Crippen LogP contribution in [0.15, 0.2) is 54.6 Å². The highest BCUT2D eigenvalue weighted by molar-refractivity contribution is 8.16. The molecule has 1 aliphatic heterocycles. The van der Waals surface area contributed by atoms with Crippen LogP contribution >= 0.6 is 11.8 Å². The second kappa shape index (κ2) is 6.49. The molecule has 0 aromatic heterocycles. The van der Waals surface area contributed by atoms with Crippen molar-refractivity contribution < 1.29 is 14.4 Å². The van der Waals surface area contributed by atoms with Crippen LogP contribution in [0.1, 0.15) is 12.5 Å². The van der Waals surface area contributed by atoms with Crippen molar-refractivity contribution in [2.24, 2.45) is 0 Å². The van der Waals surface area contributed by atoms with Gasteiger partial charge in [0.2, 0.25) is 5.91 Å². The molecule has 1 atom stereocenters. The predicted octanol–water partition coefficient (Wildman–Crippen LogP) is 3.57. The summed E-state index contributed by atoms with van der Waals surface area (Å²) in [5.74, 6) is -0.694. The van der Waals surface area contributed by atoms with Crippen molar-refractivity contribution in [1.82, 2.24) is 0 Å². The summed E-state index contributed by atoms with van der Waals surface area (Å²) in [6.45, 7) is 3.28. The lowest BCUT2D eigenvalue weighted by atomic mass is 10.2. The smallest absolute Gasteiger partial charge is 0.290 e. The van der Waals surface area contributed by atoms with Gasteiger partial charge in [0.1, 0.15) is 0 Å². The minimum Gasteiger partial charge on any atom is -0.290 e. The highest BCUT2D eigenvalue weighted by Gasteiger charge is 2.45.